The summed E-state index contributed by atoms with van der Waals surface area (Å²) in [5.41, 5.74) is 4.46. The maximum Gasteiger partial charge on any atom is 0.257 e. The van der Waals surface area contributed by atoms with Gasteiger partial charge in [-0.05, 0) is 62.9 Å². The van der Waals surface area contributed by atoms with Crippen LogP contribution in [0.5, 0.6) is 0 Å². The number of benzene rings is 2. The average molecular weight is 517 g/mol. The number of halogens is 4. The number of fused-ring (bicyclic) bond motifs is 3. The van der Waals surface area contributed by atoms with Crippen molar-refractivity contribution in [1.29, 1.82) is 0 Å². The zero-order valence-corrected chi connectivity index (χ0v) is 21.6. The highest BCUT2D eigenvalue weighted by molar-refractivity contribution is 5.84. The number of anilines is 1. The van der Waals surface area contributed by atoms with Gasteiger partial charge in [0.05, 0.1) is 6.54 Å². The normalized spacial score (nSPS) is 24.3. The molecule has 0 saturated carbocycles. The highest BCUT2D eigenvalue weighted by atomic mass is 19.3. The van der Waals surface area contributed by atoms with E-state index in [1.807, 2.05) is 30.0 Å². The van der Waals surface area contributed by atoms with Crippen LogP contribution in [0, 0.1) is 17.0 Å². The lowest BCUT2D eigenvalue weighted by Gasteiger charge is -2.34. The third kappa shape index (κ3) is 5.96. The summed E-state index contributed by atoms with van der Waals surface area (Å²) in [5.74, 6) is -3.63. The Labute approximate surface area is 216 Å². The SMILES string of the molecule is CC1Cc2c([nH]c3ccccc23)CN1CC(C)(F)F.Fc1cc(F)cc(N2CCC3(CCCNC3)C2)c1. The van der Waals surface area contributed by atoms with Crippen LogP contribution in [0.1, 0.15) is 44.4 Å². The molecule has 37 heavy (non-hydrogen) atoms. The van der Waals surface area contributed by atoms with Gasteiger partial charge in [-0.25, -0.2) is 17.6 Å². The Balaban J connectivity index is 0.000000152. The predicted molar refractivity (Wildman–Crippen MR) is 140 cm³/mol. The van der Waals surface area contributed by atoms with Crippen molar-refractivity contribution in [3.63, 3.8) is 0 Å². The van der Waals surface area contributed by atoms with Crippen molar-refractivity contribution in [2.75, 3.05) is 37.6 Å². The topological polar surface area (TPSA) is 34.3 Å². The molecular formula is C29H36F4N4. The second-order valence-electron chi connectivity index (χ2n) is 11.2. The molecule has 1 aromatic heterocycles. The van der Waals surface area contributed by atoms with Gasteiger partial charge in [-0.15, -0.1) is 0 Å². The van der Waals surface area contributed by atoms with Gasteiger partial charge in [-0.2, -0.15) is 0 Å². The average Bonchev–Trinajstić information content (AvgIpc) is 3.40. The molecule has 0 amide bonds. The number of nitrogens with zero attached hydrogens (tertiary/aromatic N) is 2. The summed E-state index contributed by atoms with van der Waals surface area (Å²) in [5, 5.41) is 4.67. The molecule has 3 aliphatic rings. The summed E-state index contributed by atoms with van der Waals surface area (Å²) < 4.78 is 52.9. The fourth-order valence-electron chi connectivity index (χ4n) is 6.23. The molecule has 3 aromatic rings. The van der Waals surface area contributed by atoms with Gasteiger partial charge in [0.2, 0.25) is 0 Å². The fraction of sp³-hybridized carbons (Fsp3) is 0.517. The first-order valence-electron chi connectivity index (χ1n) is 13.2. The van der Waals surface area contributed by atoms with Crippen LogP contribution < -0.4 is 10.2 Å². The van der Waals surface area contributed by atoms with E-state index in [1.165, 1.54) is 35.9 Å². The smallest absolute Gasteiger partial charge is 0.257 e. The minimum atomic E-state index is -2.64. The molecule has 2 unspecified atom stereocenters. The van der Waals surface area contributed by atoms with Gasteiger partial charge < -0.3 is 15.2 Å². The Morgan fingerprint density at radius 3 is 2.54 bits per heavy atom. The molecule has 3 aliphatic heterocycles. The van der Waals surface area contributed by atoms with E-state index >= 15 is 0 Å². The summed E-state index contributed by atoms with van der Waals surface area (Å²) in [7, 11) is 0. The number of para-hydroxylation sites is 1. The third-order valence-corrected chi connectivity index (χ3v) is 8.08. The van der Waals surface area contributed by atoms with Gasteiger partial charge in [0.1, 0.15) is 11.6 Å². The second-order valence-corrected chi connectivity index (χ2v) is 11.2. The number of nitrogens with one attached hydrogen (secondary N) is 2. The molecule has 6 rings (SSSR count). The maximum atomic E-state index is 13.2. The lowest BCUT2D eigenvalue weighted by molar-refractivity contribution is -0.0293. The summed E-state index contributed by atoms with van der Waals surface area (Å²) in [6, 6.07) is 12.1. The number of rotatable bonds is 3. The molecule has 1 spiro atoms. The zero-order chi connectivity index (χ0) is 26.2. The molecule has 2 saturated heterocycles. The number of aromatic nitrogens is 1. The number of H-pyrrole nitrogens is 1. The summed E-state index contributed by atoms with van der Waals surface area (Å²) in [4.78, 5) is 7.33. The quantitative estimate of drug-likeness (QED) is 0.412. The monoisotopic (exact) mass is 516 g/mol. The van der Waals surface area contributed by atoms with E-state index in [0.717, 1.165) is 63.2 Å². The highest BCUT2D eigenvalue weighted by Crippen LogP contribution is 2.38. The number of aromatic amines is 1. The van der Waals surface area contributed by atoms with Crippen molar-refractivity contribution in [2.24, 2.45) is 5.41 Å². The Bertz CT molecular complexity index is 1210. The molecule has 4 nitrogen and oxygen atoms in total. The van der Waals surface area contributed by atoms with Gasteiger partial charge in [0, 0.05) is 72.9 Å². The fourth-order valence-corrected chi connectivity index (χ4v) is 6.23. The van der Waals surface area contributed by atoms with Crippen molar-refractivity contribution in [3.8, 4) is 0 Å². The Morgan fingerprint density at radius 2 is 1.84 bits per heavy atom. The van der Waals surface area contributed by atoms with Crippen LogP contribution in [0.3, 0.4) is 0 Å². The second kappa shape index (κ2) is 10.3. The third-order valence-electron chi connectivity index (χ3n) is 8.08. The van der Waals surface area contributed by atoms with Crippen molar-refractivity contribution in [2.45, 2.75) is 58.0 Å². The molecule has 4 heterocycles. The van der Waals surface area contributed by atoms with E-state index in [4.69, 9.17) is 0 Å². The van der Waals surface area contributed by atoms with E-state index < -0.39 is 17.6 Å². The number of alkyl halides is 2. The van der Waals surface area contributed by atoms with Crippen molar-refractivity contribution in [1.82, 2.24) is 15.2 Å². The van der Waals surface area contributed by atoms with Crippen LogP contribution in [-0.2, 0) is 13.0 Å². The van der Waals surface area contributed by atoms with E-state index in [2.05, 4.69) is 21.3 Å². The van der Waals surface area contributed by atoms with Crippen LogP contribution in [-0.4, -0.2) is 54.6 Å². The molecule has 0 radical (unpaired) electrons. The van der Waals surface area contributed by atoms with Crippen LogP contribution in [0.25, 0.3) is 10.9 Å². The van der Waals surface area contributed by atoms with Gasteiger partial charge in [-0.1, -0.05) is 18.2 Å². The minimum absolute atomic E-state index is 0.150. The standard InChI is InChI=1S/C15H18F2N2.C14H18F2N2/c1-10-7-12-11-5-3-4-6-13(11)18-14(12)8-19(10)9-15(2,16)17;15-11-6-12(16)8-13(7-11)18-5-3-14(10-18)2-1-4-17-9-14/h3-6,10,18H,7-9H2,1-2H3;6-8,17H,1-5,9-10H2. The number of piperidine rings is 1. The van der Waals surface area contributed by atoms with E-state index in [0.29, 0.717) is 17.6 Å². The summed E-state index contributed by atoms with van der Waals surface area (Å²) >= 11 is 0. The summed E-state index contributed by atoms with van der Waals surface area (Å²) in [6.07, 6.45) is 4.35. The zero-order valence-electron chi connectivity index (χ0n) is 21.6. The van der Waals surface area contributed by atoms with E-state index in [9.17, 15) is 17.6 Å². The first-order valence-corrected chi connectivity index (χ1v) is 13.2. The number of hydrogen-bond donors (Lipinski definition) is 2. The van der Waals surface area contributed by atoms with Gasteiger partial charge in [-0.3, -0.25) is 4.90 Å². The molecule has 2 atom stereocenters. The molecule has 0 aliphatic carbocycles. The molecule has 2 N–H and O–H groups in total. The molecular weight excluding hydrogens is 480 g/mol. The summed E-state index contributed by atoms with van der Waals surface area (Å²) in [6.45, 7) is 7.33. The largest absolute Gasteiger partial charge is 0.371 e. The molecule has 2 aromatic carbocycles. The highest BCUT2D eigenvalue weighted by Gasteiger charge is 2.39. The van der Waals surface area contributed by atoms with Gasteiger partial charge >= 0.3 is 0 Å². The van der Waals surface area contributed by atoms with Crippen LogP contribution in [0.4, 0.5) is 23.2 Å². The number of hydrogen-bond acceptors (Lipinski definition) is 3. The van der Waals surface area contributed by atoms with Crippen molar-refractivity contribution in [3.05, 3.63) is 65.4 Å². The lowest BCUT2D eigenvalue weighted by atomic mass is 9.80. The molecule has 8 heteroatoms. The van der Waals surface area contributed by atoms with Gasteiger partial charge in [0.25, 0.3) is 5.92 Å². The van der Waals surface area contributed by atoms with Crippen LogP contribution in [0.15, 0.2) is 42.5 Å². The van der Waals surface area contributed by atoms with Crippen molar-refractivity contribution < 1.29 is 17.6 Å². The van der Waals surface area contributed by atoms with Gasteiger partial charge in [0.15, 0.2) is 0 Å². The Kier molecular flexibility index (Phi) is 7.24. The Hall–Kier alpha value is -2.58. The van der Waals surface area contributed by atoms with E-state index in [-0.39, 0.29) is 12.6 Å². The Morgan fingerprint density at radius 1 is 1.08 bits per heavy atom. The first kappa shape index (κ1) is 26.0. The first-order chi connectivity index (χ1) is 17.6. The predicted octanol–water partition coefficient (Wildman–Crippen LogP) is 6.11. The molecule has 200 valence electrons. The van der Waals surface area contributed by atoms with E-state index in [1.54, 1.807) is 0 Å². The minimum Gasteiger partial charge on any atom is -0.371 e. The molecule has 2 fully saturated rings. The maximum absolute atomic E-state index is 13.2. The molecule has 0 bridgehead atoms. The van der Waals surface area contributed by atoms with Crippen LogP contribution >= 0.6 is 0 Å². The van der Waals surface area contributed by atoms with Crippen molar-refractivity contribution >= 4 is 16.6 Å². The lowest BCUT2D eigenvalue weighted by Crippen LogP contribution is -2.44. The van der Waals surface area contributed by atoms with Crippen LogP contribution in [0.2, 0.25) is 0 Å².